The summed E-state index contributed by atoms with van der Waals surface area (Å²) in [5.41, 5.74) is 3.05. The fraction of sp³-hybridized carbons (Fsp3) is 0.727. The summed E-state index contributed by atoms with van der Waals surface area (Å²) >= 11 is 1.66. The lowest BCUT2D eigenvalue weighted by Crippen LogP contribution is -2.29. The van der Waals surface area contributed by atoms with Gasteiger partial charge in [-0.05, 0) is 32.2 Å². The molecule has 0 bridgehead atoms. The van der Waals surface area contributed by atoms with Crippen LogP contribution in [-0.2, 0) is 4.74 Å². The van der Waals surface area contributed by atoms with E-state index in [0.717, 1.165) is 31.4 Å². The Morgan fingerprint density at radius 1 is 1.60 bits per heavy atom. The van der Waals surface area contributed by atoms with Gasteiger partial charge in [0, 0.05) is 24.6 Å². The van der Waals surface area contributed by atoms with Crippen molar-refractivity contribution in [2.24, 2.45) is 5.92 Å². The second-order valence-electron chi connectivity index (χ2n) is 4.10. The van der Waals surface area contributed by atoms with Crippen molar-refractivity contribution in [2.45, 2.75) is 25.8 Å². The molecule has 0 amide bonds. The lowest BCUT2D eigenvalue weighted by Gasteiger charge is -2.23. The van der Waals surface area contributed by atoms with Crippen molar-refractivity contribution in [1.82, 2.24) is 10.3 Å². The van der Waals surface area contributed by atoms with Crippen LogP contribution in [0.15, 0.2) is 10.9 Å². The van der Waals surface area contributed by atoms with Gasteiger partial charge in [-0.2, -0.15) is 0 Å². The minimum atomic E-state index is 0.374. The van der Waals surface area contributed by atoms with Gasteiger partial charge in [-0.1, -0.05) is 0 Å². The van der Waals surface area contributed by atoms with Crippen molar-refractivity contribution in [3.8, 4) is 0 Å². The molecule has 1 aliphatic rings. The number of nitrogens with one attached hydrogen (secondary N) is 1. The summed E-state index contributed by atoms with van der Waals surface area (Å²) in [5.74, 6) is 0.778. The number of thiazole rings is 1. The Morgan fingerprint density at radius 2 is 2.40 bits per heavy atom. The molecule has 1 aromatic heterocycles. The van der Waals surface area contributed by atoms with Gasteiger partial charge in [-0.15, -0.1) is 11.3 Å². The van der Waals surface area contributed by atoms with Gasteiger partial charge in [0.25, 0.3) is 0 Å². The first kappa shape index (κ1) is 11.0. The third-order valence-corrected chi connectivity index (χ3v) is 3.55. The van der Waals surface area contributed by atoms with E-state index in [-0.39, 0.29) is 0 Å². The minimum absolute atomic E-state index is 0.374. The summed E-state index contributed by atoms with van der Waals surface area (Å²) in [4.78, 5) is 4.31. The average Bonchev–Trinajstić information content (AvgIpc) is 2.81. The number of hydrogen-bond acceptors (Lipinski definition) is 4. The van der Waals surface area contributed by atoms with E-state index in [1.165, 1.54) is 12.8 Å². The predicted octanol–water partition coefficient (Wildman–Crippen LogP) is 2.22. The largest absolute Gasteiger partial charge is 0.381 e. The highest BCUT2D eigenvalue weighted by Gasteiger charge is 2.15. The van der Waals surface area contributed by atoms with Crippen molar-refractivity contribution in [2.75, 3.05) is 19.8 Å². The van der Waals surface area contributed by atoms with Crippen molar-refractivity contribution in [3.05, 3.63) is 16.6 Å². The molecule has 84 valence electrons. The van der Waals surface area contributed by atoms with E-state index in [0.29, 0.717) is 6.04 Å². The van der Waals surface area contributed by atoms with Crippen LogP contribution in [0.1, 0.15) is 31.5 Å². The number of aromatic nitrogens is 1. The first-order valence-corrected chi connectivity index (χ1v) is 6.50. The molecule has 1 saturated heterocycles. The van der Waals surface area contributed by atoms with Gasteiger partial charge >= 0.3 is 0 Å². The molecule has 0 radical (unpaired) electrons. The van der Waals surface area contributed by atoms with Crippen molar-refractivity contribution >= 4 is 11.3 Å². The van der Waals surface area contributed by atoms with Gasteiger partial charge in [0.05, 0.1) is 11.2 Å². The first-order valence-electron chi connectivity index (χ1n) is 5.55. The Kier molecular flexibility index (Phi) is 4.11. The predicted molar refractivity (Wildman–Crippen MR) is 62.1 cm³/mol. The topological polar surface area (TPSA) is 34.1 Å². The summed E-state index contributed by atoms with van der Waals surface area (Å²) < 4.78 is 5.34. The number of rotatable bonds is 4. The molecule has 0 aliphatic carbocycles. The standard InChI is InChI=1S/C11H18N2OS/c1-9(11-7-15-8-13-11)12-6-10-2-4-14-5-3-10/h7-10,12H,2-6H2,1H3. The maximum Gasteiger partial charge on any atom is 0.0795 e. The smallest absolute Gasteiger partial charge is 0.0795 e. The molecule has 4 heteroatoms. The van der Waals surface area contributed by atoms with E-state index in [1.54, 1.807) is 11.3 Å². The molecule has 15 heavy (non-hydrogen) atoms. The van der Waals surface area contributed by atoms with Gasteiger partial charge in [-0.25, -0.2) is 4.98 Å². The van der Waals surface area contributed by atoms with E-state index >= 15 is 0 Å². The highest BCUT2D eigenvalue weighted by Crippen LogP contribution is 2.16. The van der Waals surface area contributed by atoms with Crippen LogP contribution in [-0.4, -0.2) is 24.7 Å². The SMILES string of the molecule is CC(NCC1CCOCC1)c1cscn1. The summed E-state index contributed by atoms with van der Waals surface area (Å²) in [6.45, 7) is 5.12. The molecule has 1 N–H and O–H groups in total. The Bertz CT molecular complexity index is 270. The Morgan fingerprint density at radius 3 is 3.07 bits per heavy atom. The van der Waals surface area contributed by atoms with Crippen molar-refractivity contribution in [3.63, 3.8) is 0 Å². The molecule has 2 heterocycles. The molecule has 0 saturated carbocycles. The van der Waals surface area contributed by atoms with Crippen LogP contribution in [0.5, 0.6) is 0 Å². The number of ether oxygens (including phenoxy) is 1. The monoisotopic (exact) mass is 226 g/mol. The van der Waals surface area contributed by atoms with Gasteiger partial charge in [0.15, 0.2) is 0 Å². The number of hydrogen-bond donors (Lipinski definition) is 1. The van der Waals surface area contributed by atoms with Gasteiger partial charge in [0.1, 0.15) is 0 Å². The van der Waals surface area contributed by atoms with E-state index in [1.807, 2.05) is 5.51 Å². The zero-order valence-corrected chi connectivity index (χ0v) is 9.93. The molecule has 0 aromatic carbocycles. The molecular formula is C11H18N2OS. The Balaban J connectivity index is 1.73. The second kappa shape index (κ2) is 5.58. The molecular weight excluding hydrogens is 208 g/mol. The Hall–Kier alpha value is -0.450. The molecule has 1 aliphatic heterocycles. The molecule has 0 spiro atoms. The highest BCUT2D eigenvalue weighted by atomic mass is 32.1. The van der Waals surface area contributed by atoms with Crippen LogP contribution in [0, 0.1) is 5.92 Å². The minimum Gasteiger partial charge on any atom is -0.381 e. The van der Waals surface area contributed by atoms with Gasteiger partial charge < -0.3 is 10.1 Å². The summed E-state index contributed by atoms with van der Waals surface area (Å²) in [7, 11) is 0. The lowest BCUT2D eigenvalue weighted by atomic mass is 10.00. The molecule has 1 fully saturated rings. The lowest BCUT2D eigenvalue weighted by molar-refractivity contribution is 0.0656. The van der Waals surface area contributed by atoms with Gasteiger partial charge in [-0.3, -0.25) is 0 Å². The fourth-order valence-electron chi connectivity index (χ4n) is 1.83. The van der Waals surface area contributed by atoms with Gasteiger partial charge in [0.2, 0.25) is 0 Å². The average molecular weight is 226 g/mol. The van der Waals surface area contributed by atoms with Crippen LogP contribution in [0.25, 0.3) is 0 Å². The maximum absolute atomic E-state index is 5.34. The van der Waals surface area contributed by atoms with Crippen LogP contribution >= 0.6 is 11.3 Å². The summed E-state index contributed by atoms with van der Waals surface area (Å²) in [5, 5.41) is 5.66. The van der Waals surface area contributed by atoms with E-state index < -0.39 is 0 Å². The van der Waals surface area contributed by atoms with Crippen LogP contribution in [0.4, 0.5) is 0 Å². The zero-order valence-electron chi connectivity index (χ0n) is 9.11. The van der Waals surface area contributed by atoms with Crippen LogP contribution in [0.3, 0.4) is 0 Å². The van der Waals surface area contributed by atoms with Crippen LogP contribution in [0.2, 0.25) is 0 Å². The third-order valence-electron chi connectivity index (χ3n) is 2.95. The van der Waals surface area contributed by atoms with E-state index in [4.69, 9.17) is 4.74 Å². The Labute approximate surface area is 94.9 Å². The fourth-order valence-corrected chi connectivity index (χ4v) is 2.48. The molecule has 2 rings (SSSR count). The van der Waals surface area contributed by atoms with Crippen LogP contribution < -0.4 is 5.32 Å². The van der Waals surface area contributed by atoms with E-state index in [2.05, 4.69) is 22.6 Å². The molecule has 1 aromatic rings. The third kappa shape index (κ3) is 3.26. The quantitative estimate of drug-likeness (QED) is 0.855. The zero-order chi connectivity index (χ0) is 10.5. The summed E-state index contributed by atoms with van der Waals surface area (Å²) in [6.07, 6.45) is 2.38. The normalized spacial score (nSPS) is 20.3. The first-order chi connectivity index (χ1) is 7.36. The number of nitrogens with zero attached hydrogens (tertiary/aromatic N) is 1. The molecule has 3 nitrogen and oxygen atoms in total. The summed E-state index contributed by atoms with van der Waals surface area (Å²) in [6, 6.07) is 0.374. The molecule has 1 unspecified atom stereocenters. The maximum atomic E-state index is 5.34. The molecule has 1 atom stereocenters. The van der Waals surface area contributed by atoms with E-state index in [9.17, 15) is 0 Å². The van der Waals surface area contributed by atoms with Crippen molar-refractivity contribution < 1.29 is 4.74 Å². The van der Waals surface area contributed by atoms with Crippen molar-refractivity contribution in [1.29, 1.82) is 0 Å². The second-order valence-corrected chi connectivity index (χ2v) is 4.82. The highest BCUT2D eigenvalue weighted by molar-refractivity contribution is 7.07.